The van der Waals surface area contributed by atoms with Gasteiger partial charge in [0.05, 0.1) is 12.2 Å². The number of ketones is 1. The highest BCUT2D eigenvalue weighted by Gasteiger charge is 2.30. The van der Waals surface area contributed by atoms with Gasteiger partial charge < -0.3 is 29.5 Å². The van der Waals surface area contributed by atoms with Gasteiger partial charge in [-0.25, -0.2) is 14.4 Å². The molecule has 0 aromatic heterocycles. The Bertz CT molecular complexity index is 1580. The normalized spacial score (nSPS) is 14.1. The number of anilines is 1. The Morgan fingerprint density at radius 3 is 2.23 bits per heavy atom. The van der Waals surface area contributed by atoms with Gasteiger partial charge in [0.25, 0.3) is 0 Å². The van der Waals surface area contributed by atoms with Crippen LogP contribution in [0.25, 0.3) is 0 Å². The van der Waals surface area contributed by atoms with Crippen molar-refractivity contribution < 1.29 is 38.5 Å². The summed E-state index contributed by atoms with van der Waals surface area (Å²) in [5.74, 6) is -1.73. The number of carboxylic acid groups (broad SMARTS) is 1. The Morgan fingerprint density at radius 1 is 0.958 bits per heavy atom. The predicted octanol–water partition coefficient (Wildman–Crippen LogP) is 6.33. The lowest BCUT2D eigenvalue weighted by molar-refractivity contribution is -0.144. The molecule has 1 aliphatic heterocycles. The zero-order valence-corrected chi connectivity index (χ0v) is 28.3. The van der Waals surface area contributed by atoms with E-state index in [-0.39, 0.29) is 36.5 Å². The van der Waals surface area contributed by atoms with Crippen molar-refractivity contribution in [3.63, 3.8) is 0 Å². The molecule has 256 valence electrons. The molecule has 0 spiro atoms. The van der Waals surface area contributed by atoms with E-state index >= 15 is 0 Å². The van der Waals surface area contributed by atoms with Gasteiger partial charge in [0.15, 0.2) is 11.8 Å². The summed E-state index contributed by atoms with van der Waals surface area (Å²) < 4.78 is 16.8. The topological polar surface area (TPSA) is 144 Å². The average Bonchev–Trinajstić information content (AvgIpc) is 3.04. The van der Waals surface area contributed by atoms with Gasteiger partial charge in [0, 0.05) is 60.9 Å². The molecule has 1 atom stereocenters. The van der Waals surface area contributed by atoms with Crippen LogP contribution in [0.1, 0.15) is 72.4 Å². The number of rotatable bonds is 13. The van der Waals surface area contributed by atoms with E-state index in [1.54, 1.807) is 36.1 Å². The lowest BCUT2D eigenvalue weighted by atomic mass is 10.0. The molecule has 48 heavy (non-hydrogen) atoms. The van der Waals surface area contributed by atoms with E-state index < -0.39 is 29.4 Å². The Hall–Kier alpha value is -4.61. The minimum atomic E-state index is -1.36. The Kier molecular flexibility index (Phi) is 12.4. The number of halogens is 1. The fraction of sp³-hybridized carbons (Fsp3) is 0.389. The summed E-state index contributed by atoms with van der Waals surface area (Å²) in [6.07, 6.45) is 1.06. The van der Waals surface area contributed by atoms with E-state index in [1.807, 2.05) is 45.0 Å². The number of benzene rings is 3. The molecule has 0 radical (unpaired) electrons. The molecule has 1 amide bonds. The lowest BCUT2D eigenvalue weighted by Gasteiger charge is -2.33. The number of hydrogen-bond acceptors (Lipinski definition) is 9. The molecular weight excluding hydrogens is 638 g/mol. The first-order valence-corrected chi connectivity index (χ1v) is 16.2. The molecule has 0 saturated carbocycles. The van der Waals surface area contributed by atoms with Gasteiger partial charge in [-0.2, -0.15) is 0 Å². The van der Waals surface area contributed by atoms with Crippen LogP contribution in [0, 0.1) is 0 Å². The van der Waals surface area contributed by atoms with Crippen LogP contribution < -0.4 is 15.4 Å². The van der Waals surface area contributed by atoms with Crippen LogP contribution in [0.5, 0.6) is 5.75 Å². The largest absolute Gasteiger partial charge is 0.490 e. The predicted molar refractivity (Wildman–Crippen MR) is 182 cm³/mol. The lowest BCUT2D eigenvalue weighted by Crippen LogP contribution is -2.44. The SMILES string of the molecule is CCOC(=O)C(NCc1c(NCc2ccc(OC3CCN(C(=O)OC(C)(C)C)CC3)cc2)cccc1C(=O)O)C(=O)c1ccc(Cl)cc1. The zero-order chi connectivity index (χ0) is 34.8. The van der Waals surface area contributed by atoms with Crippen LogP contribution in [0.2, 0.25) is 5.02 Å². The number of nitrogens with zero attached hydrogens (tertiary/aromatic N) is 1. The minimum absolute atomic E-state index is 0.0218. The second-order valence-electron chi connectivity index (χ2n) is 12.4. The van der Waals surface area contributed by atoms with Gasteiger partial charge in [-0.05, 0) is 81.8 Å². The third-order valence-electron chi connectivity index (χ3n) is 7.61. The maximum absolute atomic E-state index is 13.3. The first-order valence-electron chi connectivity index (χ1n) is 15.9. The summed E-state index contributed by atoms with van der Waals surface area (Å²) in [6.45, 7) is 8.64. The van der Waals surface area contributed by atoms with Crippen molar-refractivity contribution in [2.24, 2.45) is 0 Å². The van der Waals surface area contributed by atoms with Crippen LogP contribution >= 0.6 is 11.6 Å². The van der Waals surface area contributed by atoms with Gasteiger partial charge in [0.1, 0.15) is 17.5 Å². The van der Waals surface area contributed by atoms with Crippen molar-refractivity contribution in [2.45, 2.75) is 71.4 Å². The number of ether oxygens (including phenoxy) is 3. The monoisotopic (exact) mass is 679 g/mol. The minimum Gasteiger partial charge on any atom is -0.490 e. The Balaban J connectivity index is 1.39. The van der Waals surface area contributed by atoms with Gasteiger partial charge in [-0.15, -0.1) is 0 Å². The fourth-order valence-corrected chi connectivity index (χ4v) is 5.32. The zero-order valence-electron chi connectivity index (χ0n) is 27.6. The third-order valence-corrected chi connectivity index (χ3v) is 7.86. The number of carbonyl (C=O) groups excluding carboxylic acids is 3. The highest BCUT2D eigenvalue weighted by molar-refractivity contribution is 6.30. The number of piperidine rings is 1. The summed E-state index contributed by atoms with van der Waals surface area (Å²) in [7, 11) is 0. The van der Waals surface area contributed by atoms with E-state index in [4.69, 9.17) is 25.8 Å². The first kappa shape index (κ1) is 36.2. The van der Waals surface area contributed by atoms with Crippen molar-refractivity contribution in [1.82, 2.24) is 10.2 Å². The third kappa shape index (κ3) is 10.2. The molecule has 1 aliphatic rings. The maximum atomic E-state index is 13.3. The molecule has 11 nitrogen and oxygen atoms in total. The number of carbonyl (C=O) groups is 4. The van der Waals surface area contributed by atoms with Crippen molar-refractivity contribution in [2.75, 3.05) is 25.0 Å². The van der Waals surface area contributed by atoms with E-state index in [0.717, 1.165) is 5.56 Å². The van der Waals surface area contributed by atoms with E-state index in [1.165, 1.54) is 18.2 Å². The summed E-state index contributed by atoms with van der Waals surface area (Å²) in [6, 6.07) is 17.2. The number of nitrogens with one attached hydrogen (secondary N) is 2. The van der Waals surface area contributed by atoms with Crippen molar-refractivity contribution in [1.29, 1.82) is 0 Å². The molecule has 3 aromatic rings. The van der Waals surface area contributed by atoms with E-state index in [2.05, 4.69) is 10.6 Å². The quantitative estimate of drug-likeness (QED) is 0.106. The number of carboxylic acids is 1. The number of hydrogen-bond donors (Lipinski definition) is 3. The maximum Gasteiger partial charge on any atom is 0.410 e. The fourth-order valence-electron chi connectivity index (χ4n) is 5.20. The molecule has 3 aromatic carbocycles. The number of esters is 1. The number of likely N-dealkylation sites (tertiary alicyclic amines) is 1. The van der Waals surface area contributed by atoms with E-state index in [9.17, 15) is 24.3 Å². The molecule has 3 N–H and O–H groups in total. The highest BCUT2D eigenvalue weighted by atomic mass is 35.5. The van der Waals surface area contributed by atoms with Gasteiger partial charge in [-0.1, -0.05) is 29.8 Å². The van der Waals surface area contributed by atoms with Gasteiger partial charge in [0.2, 0.25) is 0 Å². The molecule has 1 unspecified atom stereocenters. The van der Waals surface area contributed by atoms with Crippen molar-refractivity contribution in [3.8, 4) is 5.75 Å². The van der Waals surface area contributed by atoms with Crippen molar-refractivity contribution in [3.05, 3.63) is 94.0 Å². The van der Waals surface area contributed by atoms with Crippen LogP contribution in [0.15, 0.2) is 66.7 Å². The van der Waals surface area contributed by atoms with Gasteiger partial charge in [-0.3, -0.25) is 10.1 Å². The van der Waals surface area contributed by atoms with Crippen molar-refractivity contribution >= 4 is 41.1 Å². The Morgan fingerprint density at radius 2 is 1.62 bits per heavy atom. The molecule has 0 bridgehead atoms. The summed E-state index contributed by atoms with van der Waals surface area (Å²) in [4.78, 5) is 52.3. The van der Waals surface area contributed by atoms with Crippen LogP contribution in [-0.4, -0.2) is 71.3 Å². The van der Waals surface area contributed by atoms with Crippen LogP contribution in [0.3, 0.4) is 0 Å². The molecule has 1 fully saturated rings. The van der Waals surface area contributed by atoms with E-state index in [0.29, 0.717) is 54.5 Å². The smallest absolute Gasteiger partial charge is 0.410 e. The molecular formula is C36H42ClN3O8. The summed E-state index contributed by atoms with van der Waals surface area (Å²) >= 11 is 5.96. The highest BCUT2D eigenvalue weighted by Crippen LogP contribution is 2.24. The molecule has 1 saturated heterocycles. The first-order chi connectivity index (χ1) is 22.8. The molecule has 12 heteroatoms. The number of amides is 1. The average molecular weight is 680 g/mol. The van der Waals surface area contributed by atoms with Gasteiger partial charge >= 0.3 is 18.0 Å². The summed E-state index contributed by atoms with van der Waals surface area (Å²) in [5, 5.41) is 16.6. The number of aromatic carboxylic acids is 1. The standard InChI is InChI=1S/C36H42ClN3O8/c1-5-46-34(44)31(32(41)24-11-13-25(37)14-12-24)39-22-29-28(33(42)43)7-6-8-30(29)38-21-23-9-15-26(16-10-23)47-27-17-19-40(20-18-27)35(45)48-36(2,3)4/h6-16,27,31,38-39H,5,17-22H2,1-4H3,(H,42,43). The Labute approximate surface area is 285 Å². The molecule has 4 rings (SSSR count). The second-order valence-corrected chi connectivity index (χ2v) is 12.8. The molecule has 1 heterocycles. The second kappa shape index (κ2) is 16.5. The number of Topliss-reactive ketones (excluding diaryl/α,β-unsaturated/α-hetero) is 1. The molecule has 0 aliphatic carbocycles. The van der Waals surface area contributed by atoms with Crippen LogP contribution in [0.4, 0.5) is 10.5 Å². The van der Waals surface area contributed by atoms with Crippen LogP contribution in [-0.2, 0) is 27.4 Å². The summed E-state index contributed by atoms with van der Waals surface area (Å²) in [5.41, 5.74) is 1.57.